The van der Waals surface area contributed by atoms with Gasteiger partial charge in [0, 0.05) is 6.07 Å². The molecule has 2 aromatic carbocycles. The first-order valence-electron chi connectivity index (χ1n) is 8.28. The molecule has 6 heteroatoms. The van der Waals surface area contributed by atoms with Crippen molar-refractivity contribution < 1.29 is 14.1 Å². The van der Waals surface area contributed by atoms with E-state index in [0.717, 1.165) is 0 Å². The molecule has 1 fully saturated rings. The van der Waals surface area contributed by atoms with Crippen LogP contribution in [0.1, 0.15) is 22.6 Å². The first kappa shape index (κ1) is 16.1. The predicted octanol–water partition coefficient (Wildman–Crippen LogP) is 2.98. The molecule has 0 unspecified atom stereocenters. The van der Waals surface area contributed by atoms with Crippen LogP contribution in [0.5, 0.6) is 0 Å². The van der Waals surface area contributed by atoms with Crippen molar-refractivity contribution in [2.24, 2.45) is 0 Å². The van der Waals surface area contributed by atoms with E-state index in [9.17, 15) is 9.59 Å². The third-order valence-electron chi connectivity index (χ3n) is 4.51. The molecule has 6 nitrogen and oxygen atoms in total. The minimum Gasteiger partial charge on any atom is -0.359 e. The Morgan fingerprint density at radius 1 is 1.00 bits per heavy atom. The van der Waals surface area contributed by atoms with Crippen LogP contribution in [0.3, 0.4) is 0 Å². The molecular formula is C20H17N3O3. The number of hydrogen-bond donors (Lipinski definition) is 1. The van der Waals surface area contributed by atoms with Crippen LogP contribution < -0.4 is 5.32 Å². The number of rotatable bonds is 4. The molecule has 26 heavy (non-hydrogen) atoms. The molecule has 130 valence electrons. The Labute approximate surface area is 150 Å². The van der Waals surface area contributed by atoms with Crippen LogP contribution in [0.4, 0.5) is 4.79 Å². The van der Waals surface area contributed by atoms with Crippen LogP contribution in [0.2, 0.25) is 0 Å². The molecule has 0 atom stereocenters. The highest BCUT2D eigenvalue weighted by Crippen LogP contribution is 2.36. The second kappa shape index (κ2) is 6.15. The third kappa shape index (κ3) is 2.47. The van der Waals surface area contributed by atoms with Crippen molar-refractivity contribution in [1.29, 1.82) is 0 Å². The molecule has 1 saturated heterocycles. The van der Waals surface area contributed by atoms with Gasteiger partial charge < -0.3 is 9.84 Å². The zero-order chi connectivity index (χ0) is 18.1. The van der Waals surface area contributed by atoms with Crippen molar-refractivity contribution in [2.45, 2.75) is 19.0 Å². The molecule has 1 N–H and O–H groups in total. The topological polar surface area (TPSA) is 75.4 Å². The summed E-state index contributed by atoms with van der Waals surface area (Å²) in [5, 5.41) is 6.72. The van der Waals surface area contributed by atoms with Gasteiger partial charge in [-0.2, -0.15) is 0 Å². The molecule has 1 aliphatic heterocycles. The fraction of sp³-hybridized carbons (Fsp3) is 0.150. The van der Waals surface area contributed by atoms with Gasteiger partial charge in [0.2, 0.25) is 0 Å². The maximum atomic E-state index is 13.4. The zero-order valence-electron chi connectivity index (χ0n) is 14.2. The summed E-state index contributed by atoms with van der Waals surface area (Å²) in [6.45, 7) is 1.82. The molecule has 4 rings (SSSR count). The van der Waals surface area contributed by atoms with Gasteiger partial charge in [-0.3, -0.25) is 9.69 Å². The Morgan fingerprint density at radius 3 is 2.08 bits per heavy atom. The Bertz CT molecular complexity index is 911. The van der Waals surface area contributed by atoms with Gasteiger partial charge in [0.05, 0.1) is 12.2 Å². The lowest BCUT2D eigenvalue weighted by atomic mass is 9.82. The van der Waals surface area contributed by atoms with E-state index in [-0.39, 0.29) is 12.5 Å². The maximum absolute atomic E-state index is 13.4. The number of carbonyl (C=O) groups excluding carboxylic acids is 2. The zero-order valence-corrected chi connectivity index (χ0v) is 14.2. The van der Waals surface area contributed by atoms with Gasteiger partial charge in [-0.15, -0.1) is 0 Å². The summed E-state index contributed by atoms with van der Waals surface area (Å²) >= 11 is 0. The molecule has 0 spiro atoms. The summed E-state index contributed by atoms with van der Waals surface area (Å²) in [4.78, 5) is 27.3. The van der Waals surface area contributed by atoms with E-state index >= 15 is 0 Å². The van der Waals surface area contributed by atoms with Crippen LogP contribution in [0.15, 0.2) is 71.3 Å². The van der Waals surface area contributed by atoms with Gasteiger partial charge in [-0.25, -0.2) is 4.79 Å². The van der Waals surface area contributed by atoms with Crippen LogP contribution in [-0.2, 0) is 16.9 Å². The lowest BCUT2D eigenvalue weighted by Crippen LogP contribution is -2.45. The quantitative estimate of drug-likeness (QED) is 0.736. The Hall–Kier alpha value is -3.41. The third-order valence-corrected chi connectivity index (χ3v) is 4.51. The van der Waals surface area contributed by atoms with E-state index in [1.54, 1.807) is 13.0 Å². The Morgan fingerprint density at radius 2 is 1.58 bits per heavy atom. The standard InChI is InChI=1S/C20H17N3O3/c1-14-12-17(26-22-14)13-23-18(24)20(21-19(23)25,15-8-4-2-5-9-15)16-10-6-3-7-11-16/h2-12H,13H2,1H3,(H,21,25). The molecule has 0 radical (unpaired) electrons. The normalized spacial score (nSPS) is 16.0. The van der Waals surface area contributed by atoms with Crippen molar-refractivity contribution in [3.05, 3.63) is 89.3 Å². The largest absolute Gasteiger partial charge is 0.359 e. The lowest BCUT2D eigenvalue weighted by Gasteiger charge is -2.27. The highest BCUT2D eigenvalue weighted by Gasteiger charge is 2.53. The van der Waals surface area contributed by atoms with Gasteiger partial charge in [-0.05, 0) is 18.1 Å². The Kier molecular flexibility index (Phi) is 3.80. The number of nitrogens with one attached hydrogen (secondary N) is 1. The van der Waals surface area contributed by atoms with Crippen LogP contribution in [0.25, 0.3) is 0 Å². The summed E-state index contributed by atoms with van der Waals surface area (Å²) in [5.41, 5.74) is 0.861. The fourth-order valence-electron chi connectivity index (χ4n) is 3.30. The van der Waals surface area contributed by atoms with Crippen molar-refractivity contribution >= 4 is 11.9 Å². The van der Waals surface area contributed by atoms with Crippen LogP contribution in [-0.4, -0.2) is 22.0 Å². The number of aryl methyl sites for hydroxylation is 1. The molecule has 1 aromatic heterocycles. The number of imide groups is 1. The van der Waals surface area contributed by atoms with E-state index in [0.29, 0.717) is 22.6 Å². The van der Waals surface area contributed by atoms with E-state index in [1.807, 2.05) is 60.7 Å². The summed E-state index contributed by atoms with van der Waals surface area (Å²) in [7, 11) is 0. The number of aromatic nitrogens is 1. The number of hydrogen-bond acceptors (Lipinski definition) is 4. The van der Waals surface area contributed by atoms with Crippen LogP contribution >= 0.6 is 0 Å². The smallest absolute Gasteiger partial charge is 0.325 e. The first-order valence-corrected chi connectivity index (χ1v) is 8.28. The second-order valence-electron chi connectivity index (χ2n) is 6.24. The lowest BCUT2D eigenvalue weighted by molar-refractivity contribution is -0.130. The molecule has 0 aliphatic carbocycles. The van der Waals surface area contributed by atoms with Crippen molar-refractivity contribution in [3.63, 3.8) is 0 Å². The number of amides is 3. The molecule has 2 heterocycles. The number of benzene rings is 2. The monoisotopic (exact) mass is 347 g/mol. The van der Waals surface area contributed by atoms with Gasteiger partial charge in [0.15, 0.2) is 11.3 Å². The molecular weight excluding hydrogens is 330 g/mol. The number of carbonyl (C=O) groups is 2. The molecule has 0 saturated carbocycles. The molecule has 0 bridgehead atoms. The SMILES string of the molecule is Cc1cc(CN2C(=O)NC(c3ccccc3)(c3ccccc3)C2=O)on1. The molecule has 3 amide bonds. The van der Waals surface area contributed by atoms with Gasteiger partial charge in [0.1, 0.15) is 0 Å². The molecule has 1 aliphatic rings. The van der Waals surface area contributed by atoms with Crippen molar-refractivity contribution in [3.8, 4) is 0 Å². The highest BCUT2D eigenvalue weighted by molar-refractivity contribution is 6.09. The molecule has 3 aromatic rings. The Balaban J connectivity index is 1.80. The first-order chi connectivity index (χ1) is 12.6. The van der Waals surface area contributed by atoms with Crippen molar-refractivity contribution in [2.75, 3.05) is 0 Å². The average Bonchev–Trinajstić information content (AvgIpc) is 3.20. The minimum absolute atomic E-state index is 0.0346. The van der Waals surface area contributed by atoms with Gasteiger partial charge in [0.25, 0.3) is 5.91 Å². The summed E-state index contributed by atoms with van der Waals surface area (Å²) in [5.74, 6) is 0.122. The minimum atomic E-state index is -1.26. The summed E-state index contributed by atoms with van der Waals surface area (Å²) < 4.78 is 5.18. The van der Waals surface area contributed by atoms with E-state index in [2.05, 4.69) is 10.5 Å². The number of urea groups is 1. The average molecular weight is 347 g/mol. The van der Waals surface area contributed by atoms with E-state index in [1.165, 1.54) is 4.90 Å². The van der Waals surface area contributed by atoms with Gasteiger partial charge >= 0.3 is 6.03 Å². The maximum Gasteiger partial charge on any atom is 0.325 e. The predicted molar refractivity (Wildman–Crippen MR) is 94.0 cm³/mol. The van der Waals surface area contributed by atoms with E-state index < -0.39 is 11.6 Å². The second-order valence-corrected chi connectivity index (χ2v) is 6.24. The summed E-state index contributed by atoms with van der Waals surface area (Å²) in [6.07, 6.45) is 0. The summed E-state index contributed by atoms with van der Waals surface area (Å²) in [6, 6.07) is 19.8. The highest BCUT2D eigenvalue weighted by atomic mass is 16.5. The fourth-order valence-corrected chi connectivity index (χ4v) is 3.30. The van der Waals surface area contributed by atoms with Crippen molar-refractivity contribution in [1.82, 2.24) is 15.4 Å². The van der Waals surface area contributed by atoms with E-state index in [4.69, 9.17) is 4.52 Å². The number of nitrogens with zero attached hydrogens (tertiary/aromatic N) is 2. The van der Waals surface area contributed by atoms with Gasteiger partial charge in [-0.1, -0.05) is 65.8 Å². The van der Waals surface area contributed by atoms with Crippen LogP contribution in [0, 0.1) is 6.92 Å².